The summed E-state index contributed by atoms with van der Waals surface area (Å²) in [4.78, 5) is 11.3. The first kappa shape index (κ1) is 14.6. The predicted molar refractivity (Wildman–Crippen MR) is 66.1 cm³/mol. The molecule has 9 nitrogen and oxygen atoms in total. The van der Waals surface area contributed by atoms with Crippen molar-refractivity contribution >= 4 is 31.9 Å². The van der Waals surface area contributed by atoms with E-state index in [-0.39, 0.29) is 17.7 Å². The Balaban J connectivity index is 3.17. The summed E-state index contributed by atoms with van der Waals surface area (Å²) in [6, 6.07) is 0. The number of rotatable bonds is 5. The van der Waals surface area contributed by atoms with Crippen molar-refractivity contribution in [1.82, 2.24) is 15.0 Å². The van der Waals surface area contributed by atoms with Gasteiger partial charge in [-0.15, -0.1) is 0 Å². The van der Waals surface area contributed by atoms with Gasteiger partial charge < -0.3 is 0 Å². The van der Waals surface area contributed by atoms with Crippen molar-refractivity contribution in [2.45, 2.75) is 13.3 Å². The molecule has 0 unspecified atom stereocenters. The molecule has 0 aliphatic carbocycles. The normalized spacial score (nSPS) is 12.2. The third-order valence-electron chi connectivity index (χ3n) is 1.55. The van der Waals surface area contributed by atoms with E-state index in [1.807, 2.05) is 0 Å². The average molecular weight is 295 g/mol. The number of aryl methyl sites for hydroxylation is 1. The number of hydrogen-bond donors (Lipinski definition) is 2. The highest BCUT2D eigenvalue weighted by atomic mass is 32.2. The summed E-state index contributed by atoms with van der Waals surface area (Å²) in [6.45, 7) is 1.74. The highest BCUT2D eigenvalue weighted by Crippen LogP contribution is 2.08. The number of nitrogens with zero attached hydrogens (tertiary/aromatic N) is 3. The maximum Gasteiger partial charge on any atom is 0.241 e. The zero-order valence-electron chi connectivity index (χ0n) is 10.00. The minimum absolute atomic E-state index is 0.226. The lowest BCUT2D eigenvalue weighted by Gasteiger charge is -2.07. The van der Waals surface area contributed by atoms with Gasteiger partial charge in [0.25, 0.3) is 0 Å². The molecule has 0 bridgehead atoms. The highest BCUT2D eigenvalue weighted by molar-refractivity contribution is 7.92. The van der Waals surface area contributed by atoms with E-state index in [2.05, 4.69) is 24.4 Å². The molecule has 0 amide bonds. The molecule has 0 saturated carbocycles. The lowest BCUT2D eigenvalue weighted by Crippen LogP contribution is -2.17. The van der Waals surface area contributed by atoms with Gasteiger partial charge in [0.15, 0.2) is 0 Å². The molecule has 0 aromatic carbocycles. The van der Waals surface area contributed by atoms with Crippen molar-refractivity contribution in [3.63, 3.8) is 0 Å². The summed E-state index contributed by atoms with van der Waals surface area (Å²) in [6.07, 6.45) is 2.28. The molecule has 18 heavy (non-hydrogen) atoms. The van der Waals surface area contributed by atoms with E-state index in [4.69, 9.17) is 0 Å². The molecule has 11 heteroatoms. The Morgan fingerprint density at radius 2 is 1.28 bits per heavy atom. The van der Waals surface area contributed by atoms with Crippen molar-refractivity contribution in [3.8, 4) is 0 Å². The number of hydrogen-bond acceptors (Lipinski definition) is 7. The molecule has 0 aliphatic rings. The van der Waals surface area contributed by atoms with E-state index in [1.54, 1.807) is 6.92 Å². The number of aromatic nitrogens is 3. The lowest BCUT2D eigenvalue weighted by atomic mass is 10.5. The van der Waals surface area contributed by atoms with Crippen molar-refractivity contribution in [2.24, 2.45) is 0 Å². The molecule has 0 aliphatic heterocycles. The van der Waals surface area contributed by atoms with Crippen LogP contribution in [0.2, 0.25) is 0 Å². The average Bonchev–Trinajstić information content (AvgIpc) is 2.11. The van der Waals surface area contributed by atoms with Gasteiger partial charge in [-0.25, -0.2) is 16.8 Å². The fourth-order valence-corrected chi connectivity index (χ4v) is 1.85. The van der Waals surface area contributed by atoms with Crippen molar-refractivity contribution in [2.75, 3.05) is 22.0 Å². The molecule has 2 N–H and O–H groups in total. The van der Waals surface area contributed by atoms with Crippen LogP contribution < -0.4 is 9.44 Å². The third-order valence-corrected chi connectivity index (χ3v) is 2.66. The van der Waals surface area contributed by atoms with Crippen LogP contribution in [0, 0.1) is 0 Å². The Bertz CT molecular complexity index is 588. The predicted octanol–water partition coefficient (Wildman–Crippen LogP) is -0.823. The van der Waals surface area contributed by atoms with Crippen LogP contribution in [-0.2, 0) is 26.5 Å². The Labute approximate surface area is 105 Å². The van der Waals surface area contributed by atoms with E-state index in [0.717, 1.165) is 12.5 Å². The van der Waals surface area contributed by atoms with Gasteiger partial charge in [-0.2, -0.15) is 15.0 Å². The summed E-state index contributed by atoms with van der Waals surface area (Å²) >= 11 is 0. The van der Waals surface area contributed by atoms with Crippen LogP contribution in [0.1, 0.15) is 12.7 Å². The summed E-state index contributed by atoms with van der Waals surface area (Å²) in [7, 11) is -7.09. The summed E-state index contributed by atoms with van der Waals surface area (Å²) in [5.41, 5.74) is 0. The van der Waals surface area contributed by atoms with Gasteiger partial charge in [-0.1, -0.05) is 6.92 Å². The molecular formula is C7H13N5O4S2. The van der Waals surface area contributed by atoms with E-state index in [1.165, 1.54) is 0 Å². The second-order valence-electron chi connectivity index (χ2n) is 3.50. The monoisotopic (exact) mass is 295 g/mol. The van der Waals surface area contributed by atoms with Crippen LogP contribution >= 0.6 is 0 Å². The standard InChI is InChI=1S/C7H13N5O4S2/c1-4-5-8-6(11-17(2,13)14)10-7(9-5)12-18(3,15)16/h4H2,1-3H3,(H2,8,9,10,11,12). The largest absolute Gasteiger partial charge is 0.251 e. The quantitative estimate of drug-likeness (QED) is 0.725. The van der Waals surface area contributed by atoms with Crippen LogP contribution in [0.15, 0.2) is 0 Å². The van der Waals surface area contributed by atoms with Gasteiger partial charge in [-0.05, 0) is 0 Å². The fraction of sp³-hybridized carbons (Fsp3) is 0.571. The molecule has 0 spiro atoms. The van der Waals surface area contributed by atoms with Crippen molar-refractivity contribution in [1.29, 1.82) is 0 Å². The number of nitrogens with one attached hydrogen (secondary N) is 2. The Kier molecular flexibility index (Phi) is 4.06. The Morgan fingerprint density at radius 3 is 1.56 bits per heavy atom. The molecule has 1 aromatic heterocycles. The topological polar surface area (TPSA) is 131 Å². The van der Waals surface area contributed by atoms with Crippen LogP contribution in [0.25, 0.3) is 0 Å². The first-order valence-electron chi connectivity index (χ1n) is 4.79. The summed E-state index contributed by atoms with van der Waals surface area (Å²) in [5.74, 6) is -0.187. The first-order valence-corrected chi connectivity index (χ1v) is 8.58. The van der Waals surface area contributed by atoms with Gasteiger partial charge >= 0.3 is 0 Å². The SMILES string of the molecule is CCc1nc(NS(C)(=O)=O)nc(NS(C)(=O)=O)n1. The Hall–Kier alpha value is -1.49. The summed E-state index contributed by atoms with van der Waals surface area (Å²) < 4.78 is 48.3. The third kappa shape index (κ3) is 5.23. The molecule has 0 fully saturated rings. The van der Waals surface area contributed by atoms with Crippen LogP contribution in [0.3, 0.4) is 0 Å². The minimum atomic E-state index is -3.54. The number of sulfonamides is 2. The van der Waals surface area contributed by atoms with E-state index < -0.39 is 20.0 Å². The molecule has 0 saturated heterocycles. The molecule has 102 valence electrons. The fourth-order valence-electron chi connectivity index (χ4n) is 1.00. The van der Waals surface area contributed by atoms with Crippen LogP contribution in [0.4, 0.5) is 11.9 Å². The number of anilines is 2. The van der Waals surface area contributed by atoms with Crippen LogP contribution in [0.5, 0.6) is 0 Å². The summed E-state index contributed by atoms with van der Waals surface area (Å²) in [5, 5.41) is 0. The molecule has 1 heterocycles. The maximum absolute atomic E-state index is 11.0. The van der Waals surface area contributed by atoms with Gasteiger partial charge in [0.2, 0.25) is 31.9 Å². The Morgan fingerprint density at radius 1 is 0.889 bits per heavy atom. The van der Waals surface area contributed by atoms with Gasteiger partial charge in [0, 0.05) is 6.42 Å². The molecule has 1 rings (SSSR count). The lowest BCUT2D eigenvalue weighted by molar-refractivity contribution is 0.605. The smallest absolute Gasteiger partial charge is 0.241 e. The van der Waals surface area contributed by atoms with Crippen molar-refractivity contribution in [3.05, 3.63) is 5.82 Å². The zero-order valence-corrected chi connectivity index (χ0v) is 11.6. The minimum Gasteiger partial charge on any atom is -0.251 e. The maximum atomic E-state index is 11.0. The zero-order chi connectivity index (χ0) is 14.0. The molecule has 0 atom stereocenters. The van der Waals surface area contributed by atoms with E-state index in [0.29, 0.717) is 6.42 Å². The second kappa shape index (κ2) is 5.02. The molecule has 1 aromatic rings. The first-order chi connectivity index (χ1) is 8.09. The van der Waals surface area contributed by atoms with Gasteiger partial charge in [0.1, 0.15) is 5.82 Å². The second-order valence-corrected chi connectivity index (χ2v) is 7.00. The van der Waals surface area contributed by atoms with Crippen molar-refractivity contribution < 1.29 is 16.8 Å². The molecular weight excluding hydrogens is 282 g/mol. The van der Waals surface area contributed by atoms with E-state index in [9.17, 15) is 16.8 Å². The highest BCUT2D eigenvalue weighted by Gasteiger charge is 2.11. The van der Waals surface area contributed by atoms with Gasteiger partial charge in [-0.3, -0.25) is 9.44 Å². The van der Waals surface area contributed by atoms with Crippen LogP contribution in [-0.4, -0.2) is 44.3 Å². The molecule has 0 radical (unpaired) electrons. The van der Waals surface area contributed by atoms with Gasteiger partial charge in [0.05, 0.1) is 12.5 Å². The van der Waals surface area contributed by atoms with E-state index >= 15 is 0 Å².